The van der Waals surface area contributed by atoms with Crippen LogP contribution in [-0.4, -0.2) is 142 Å². The molecule has 1 aromatic rings. The smallest absolute Gasteiger partial charge is 0.297 e. The van der Waals surface area contributed by atoms with Gasteiger partial charge in [-0.3, -0.25) is 37.9 Å². The minimum absolute atomic E-state index is 0.0344. The Balaban J connectivity index is 1.98. The van der Waals surface area contributed by atoms with Gasteiger partial charge < -0.3 is 47.7 Å². The van der Waals surface area contributed by atoms with Crippen LogP contribution in [-0.2, 0) is 43.0 Å². The summed E-state index contributed by atoms with van der Waals surface area (Å²) in [7, 11) is -4.53. The highest BCUT2D eigenvalue weighted by Crippen LogP contribution is 2.19. The van der Waals surface area contributed by atoms with Gasteiger partial charge in [-0.15, -0.1) is 0 Å². The average molecular weight is 810 g/mol. The second-order valence-corrected chi connectivity index (χ2v) is 15.8. The molecule has 2 rings (SSSR count). The number of nitrogens with zero attached hydrogens (tertiary/aromatic N) is 2. The second kappa shape index (κ2) is 22.7. The van der Waals surface area contributed by atoms with E-state index in [2.05, 4.69) is 31.7 Å². The summed E-state index contributed by atoms with van der Waals surface area (Å²) >= 11 is 0. The Kier molecular flexibility index (Phi) is 19.1. The van der Waals surface area contributed by atoms with E-state index < -0.39 is 70.4 Å². The lowest BCUT2D eigenvalue weighted by atomic mass is 9.90. The average Bonchev–Trinajstić information content (AvgIpc) is 3.15. The molecular formula is C35H55N9O11S. The summed E-state index contributed by atoms with van der Waals surface area (Å²) in [6, 6.07) is 2.26. The summed E-state index contributed by atoms with van der Waals surface area (Å²) in [5.41, 5.74) is -2.22. The van der Waals surface area contributed by atoms with Gasteiger partial charge in [-0.1, -0.05) is 27.7 Å². The molecule has 312 valence electrons. The third-order valence-corrected chi connectivity index (χ3v) is 9.53. The van der Waals surface area contributed by atoms with Crippen molar-refractivity contribution in [2.75, 3.05) is 59.1 Å². The van der Waals surface area contributed by atoms with E-state index in [1.165, 1.54) is 12.1 Å². The minimum atomic E-state index is -4.53. The van der Waals surface area contributed by atoms with Gasteiger partial charge in [-0.05, 0) is 55.9 Å². The van der Waals surface area contributed by atoms with E-state index in [0.29, 0.717) is 26.3 Å². The molecule has 20 nitrogen and oxygen atoms in total. The number of carbonyl (C=O) groups is 6. The maximum Gasteiger partial charge on any atom is 0.297 e. The van der Waals surface area contributed by atoms with Crippen LogP contribution in [0.5, 0.6) is 0 Å². The second-order valence-electron chi connectivity index (χ2n) is 14.2. The van der Waals surface area contributed by atoms with E-state index >= 15 is 0 Å². The molecule has 1 aromatic carbocycles. The summed E-state index contributed by atoms with van der Waals surface area (Å²) < 4.78 is 36.1. The van der Waals surface area contributed by atoms with Crippen molar-refractivity contribution < 1.29 is 51.2 Å². The van der Waals surface area contributed by atoms with E-state index in [4.69, 9.17) is 20.2 Å². The number of benzene rings is 1. The number of ketones is 1. The van der Waals surface area contributed by atoms with Crippen molar-refractivity contribution in [3.63, 3.8) is 0 Å². The van der Waals surface area contributed by atoms with E-state index in [1.807, 2.05) is 18.7 Å². The van der Waals surface area contributed by atoms with Crippen molar-refractivity contribution >= 4 is 57.4 Å². The number of rotatable bonds is 23. The van der Waals surface area contributed by atoms with E-state index in [9.17, 15) is 42.3 Å². The van der Waals surface area contributed by atoms with E-state index in [1.54, 1.807) is 13.8 Å². The summed E-state index contributed by atoms with van der Waals surface area (Å²) in [6.45, 7) is 8.46. The Morgan fingerprint density at radius 2 is 1.46 bits per heavy atom. The lowest BCUT2D eigenvalue weighted by Crippen LogP contribution is -2.55. The van der Waals surface area contributed by atoms with Crippen LogP contribution in [0.3, 0.4) is 0 Å². The minimum Gasteiger partial charge on any atom is -0.380 e. The topological polar surface area (TPSA) is 301 Å². The predicted molar refractivity (Wildman–Crippen MR) is 204 cm³/mol. The maximum atomic E-state index is 13.5. The molecule has 21 heteroatoms. The van der Waals surface area contributed by atoms with Crippen LogP contribution < -0.4 is 32.4 Å². The van der Waals surface area contributed by atoms with Gasteiger partial charge in [0.05, 0.1) is 56.0 Å². The Labute approximate surface area is 326 Å². The van der Waals surface area contributed by atoms with Gasteiger partial charge in [0.25, 0.3) is 16.0 Å². The first-order valence-electron chi connectivity index (χ1n) is 18.0. The van der Waals surface area contributed by atoms with Crippen molar-refractivity contribution in [3.8, 4) is 0 Å². The maximum absolute atomic E-state index is 13.5. The standard InChI is InChI=1S/C35H55N9O11S/c1-22(2)14-27(32(48)35(5,51)21-55-56(52,53)26-8-6-24(7-9-26)33(49)39-17-25(16-36)43-37)41-30(46)19-40-34(50)28(15-23(3)4)42-29(45)18-38-31(47)20-44-10-12-54-13-11-44/h6-9,16,22-23,27-28,36,51H,10-15,17-21,37H2,1-5H3,(H,38,47)(H,39,49)(H,40,50)(H,41,46)(H,42,45)/t27-,28-,35?/m0/s1. The number of aliphatic hydroxyl groups is 1. The van der Waals surface area contributed by atoms with Gasteiger partial charge >= 0.3 is 0 Å². The molecule has 3 atom stereocenters. The third-order valence-electron chi connectivity index (χ3n) is 8.25. The number of nitrogens with one attached hydrogen (secondary N) is 6. The first-order valence-corrected chi connectivity index (χ1v) is 19.4. The first kappa shape index (κ1) is 47.3. The Morgan fingerprint density at radius 3 is 2.02 bits per heavy atom. The fourth-order valence-electron chi connectivity index (χ4n) is 5.27. The normalized spacial score (nSPS) is 15.9. The highest BCUT2D eigenvalue weighted by molar-refractivity contribution is 7.86. The fraction of sp³-hybridized carbons (Fsp3) is 0.600. The summed E-state index contributed by atoms with van der Waals surface area (Å²) in [5, 5.41) is 34.0. The van der Waals surface area contributed by atoms with Crippen LogP contribution in [0.1, 0.15) is 57.8 Å². The summed E-state index contributed by atoms with van der Waals surface area (Å²) in [4.78, 5) is 78.3. The van der Waals surface area contributed by atoms with Crippen LogP contribution >= 0.6 is 0 Å². The highest BCUT2D eigenvalue weighted by atomic mass is 32.2. The molecule has 0 radical (unpaired) electrons. The van der Waals surface area contributed by atoms with Gasteiger partial charge in [-0.25, -0.2) is 0 Å². The molecule has 1 aliphatic heterocycles. The van der Waals surface area contributed by atoms with E-state index in [-0.39, 0.29) is 66.4 Å². The molecule has 56 heavy (non-hydrogen) atoms. The number of hydrogen-bond donors (Lipinski definition) is 8. The van der Waals surface area contributed by atoms with Gasteiger partial charge in [0.2, 0.25) is 23.6 Å². The van der Waals surface area contributed by atoms with Crippen LogP contribution in [0.4, 0.5) is 0 Å². The zero-order valence-electron chi connectivity index (χ0n) is 32.4. The number of nitrogens with two attached hydrogens (primary N) is 1. The first-order chi connectivity index (χ1) is 26.3. The number of Topliss-reactive ketones (excluding diaryl/α,β-unsaturated/α-hetero) is 1. The molecule has 5 amide bonds. The molecule has 0 aliphatic carbocycles. The van der Waals surface area contributed by atoms with Gasteiger partial charge in [-0.2, -0.15) is 13.5 Å². The van der Waals surface area contributed by atoms with Crippen molar-refractivity contribution in [1.29, 1.82) is 5.41 Å². The van der Waals surface area contributed by atoms with Gasteiger partial charge in [0.1, 0.15) is 18.2 Å². The Hall–Kier alpha value is -4.83. The lowest BCUT2D eigenvalue weighted by molar-refractivity contribution is -0.143. The van der Waals surface area contributed by atoms with Crippen LogP contribution in [0.25, 0.3) is 0 Å². The molecule has 1 saturated heterocycles. The molecule has 9 N–H and O–H groups in total. The number of carbonyl (C=O) groups excluding carboxylic acids is 6. The van der Waals surface area contributed by atoms with Crippen LogP contribution in [0.15, 0.2) is 34.3 Å². The molecule has 1 heterocycles. The van der Waals surface area contributed by atoms with Crippen LogP contribution in [0.2, 0.25) is 0 Å². The molecule has 1 aliphatic rings. The quantitative estimate of drug-likeness (QED) is 0.0258. The van der Waals surface area contributed by atoms with Gasteiger partial charge in [0, 0.05) is 24.9 Å². The number of hydrogen-bond acceptors (Lipinski definition) is 15. The number of amides is 5. The Morgan fingerprint density at radius 1 is 0.911 bits per heavy atom. The molecule has 1 fully saturated rings. The largest absolute Gasteiger partial charge is 0.380 e. The molecule has 1 unspecified atom stereocenters. The monoisotopic (exact) mass is 809 g/mol. The zero-order chi connectivity index (χ0) is 42.1. The lowest BCUT2D eigenvalue weighted by Gasteiger charge is -2.28. The number of ether oxygens (including phenoxy) is 1. The van der Waals surface area contributed by atoms with Crippen molar-refractivity contribution in [2.24, 2.45) is 22.8 Å². The predicted octanol–water partition coefficient (Wildman–Crippen LogP) is -1.97. The molecule has 0 bridgehead atoms. The zero-order valence-corrected chi connectivity index (χ0v) is 33.2. The fourth-order valence-corrected chi connectivity index (χ4v) is 6.26. The van der Waals surface area contributed by atoms with Crippen molar-refractivity contribution in [1.82, 2.24) is 31.5 Å². The van der Waals surface area contributed by atoms with E-state index in [0.717, 1.165) is 25.3 Å². The summed E-state index contributed by atoms with van der Waals surface area (Å²) in [5.74, 6) is 0.937. The third kappa shape index (κ3) is 16.5. The van der Waals surface area contributed by atoms with Gasteiger partial charge in [0.15, 0.2) is 5.78 Å². The summed E-state index contributed by atoms with van der Waals surface area (Å²) in [6.07, 6.45) is 1.13. The SMILES string of the molecule is CC(C)C[C@H](NC(=O)CNC(=O)CN1CCOCC1)C(=O)NCC(=O)N[C@@H](CC(C)C)C(=O)C(C)(O)COS(=O)(=O)c1ccc(C(=O)NCC(C=N)=NN)cc1. The van der Waals surface area contributed by atoms with Crippen LogP contribution in [0, 0.1) is 17.2 Å². The van der Waals surface area contributed by atoms with Crippen molar-refractivity contribution in [2.45, 2.75) is 70.0 Å². The molecular weight excluding hydrogens is 755 g/mol. The molecule has 0 aromatic heterocycles. The number of morpholine rings is 1. The van der Waals surface area contributed by atoms with Crippen molar-refractivity contribution in [3.05, 3.63) is 29.8 Å². The number of hydrazone groups is 1. The highest BCUT2D eigenvalue weighted by Gasteiger charge is 2.39. The Bertz CT molecular complexity index is 1680. The molecule has 0 spiro atoms. The molecule has 0 saturated carbocycles.